The van der Waals surface area contributed by atoms with Crippen LogP contribution >= 0.6 is 0 Å². The van der Waals surface area contributed by atoms with Gasteiger partial charge in [-0.15, -0.1) is 0 Å². The van der Waals surface area contributed by atoms with Gasteiger partial charge in [-0.05, 0) is 44.8 Å². The number of carbonyl (C=O) groups is 1. The lowest BCUT2D eigenvalue weighted by atomic mass is 9.73. The molecule has 0 radical (unpaired) electrons. The van der Waals surface area contributed by atoms with Crippen LogP contribution in [0.5, 0.6) is 0 Å². The monoisotopic (exact) mass is 372 g/mol. The summed E-state index contributed by atoms with van der Waals surface area (Å²) in [4.78, 5) is 17.7. The van der Waals surface area contributed by atoms with Crippen LogP contribution in [0.4, 0.5) is 0 Å². The average molecular weight is 373 g/mol. The molecule has 0 spiro atoms. The van der Waals surface area contributed by atoms with Crippen LogP contribution in [-0.2, 0) is 15.1 Å². The van der Waals surface area contributed by atoms with E-state index in [1.54, 1.807) is 0 Å². The highest BCUT2D eigenvalue weighted by molar-refractivity contribution is 5.69. The van der Waals surface area contributed by atoms with E-state index in [9.17, 15) is 4.79 Å². The summed E-state index contributed by atoms with van der Waals surface area (Å²) in [5.41, 5.74) is 0.619. The number of hydrogen-bond donors (Lipinski definition) is 0. The van der Waals surface area contributed by atoms with Crippen LogP contribution in [0.25, 0.3) is 0 Å². The van der Waals surface area contributed by atoms with Gasteiger partial charge in [0.1, 0.15) is 5.60 Å². The van der Waals surface area contributed by atoms with E-state index in [1.165, 1.54) is 25.9 Å². The molecule has 0 N–H and O–H groups in total. The predicted octanol–water partition coefficient (Wildman–Crippen LogP) is 4.40. The molecule has 0 amide bonds. The molecule has 4 heteroatoms. The maximum absolute atomic E-state index is 12.3. The van der Waals surface area contributed by atoms with Crippen molar-refractivity contribution in [1.82, 2.24) is 9.80 Å². The Balaban J connectivity index is 1.88. The Hall–Kier alpha value is -1.39. The number of ether oxygens (including phenoxy) is 1. The lowest BCUT2D eigenvalue weighted by Gasteiger charge is -2.52. The number of carbonyl (C=O) groups excluding carboxylic acids is 1. The van der Waals surface area contributed by atoms with E-state index in [1.807, 2.05) is 13.0 Å². The largest absolute Gasteiger partial charge is 0.454 e. The third kappa shape index (κ3) is 4.07. The standard InChI is InChI=1S/C23H36N2O2/c1-5-21(24-14-10-11-15-24)25-17-18(3)23(16-19(25)4,27-22(26)6-2)20-12-8-7-9-13-20/h7-9,12-13,18-19,21H,5-6,10-11,14-17H2,1-4H3. The molecular weight excluding hydrogens is 336 g/mol. The molecule has 0 bridgehead atoms. The van der Waals surface area contributed by atoms with Crippen molar-refractivity contribution in [3.05, 3.63) is 35.9 Å². The average Bonchev–Trinajstić information content (AvgIpc) is 3.21. The van der Waals surface area contributed by atoms with Crippen molar-refractivity contribution in [3.8, 4) is 0 Å². The molecule has 4 atom stereocenters. The first-order valence-corrected chi connectivity index (χ1v) is 10.8. The van der Waals surface area contributed by atoms with E-state index in [2.05, 4.69) is 54.8 Å². The summed E-state index contributed by atoms with van der Waals surface area (Å²) in [6.07, 6.45) is 5.55. The van der Waals surface area contributed by atoms with Crippen LogP contribution in [0.1, 0.15) is 65.4 Å². The van der Waals surface area contributed by atoms with Gasteiger partial charge in [-0.1, -0.05) is 51.1 Å². The molecule has 4 nitrogen and oxygen atoms in total. The van der Waals surface area contributed by atoms with Crippen LogP contribution in [0.15, 0.2) is 30.3 Å². The zero-order valence-corrected chi connectivity index (χ0v) is 17.5. The van der Waals surface area contributed by atoms with Gasteiger partial charge in [0.2, 0.25) is 0 Å². The number of esters is 1. The van der Waals surface area contributed by atoms with E-state index >= 15 is 0 Å². The molecular formula is C23H36N2O2. The minimum atomic E-state index is -0.520. The first-order chi connectivity index (χ1) is 13.0. The number of rotatable bonds is 6. The Morgan fingerprint density at radius 2 is 1.85 bits per heavy atom. The molecule has 1 aromatic rings. The summed E-state index contributed by atoms with van der Waals surface area (Å²) >= 11 is 0. The van der Waals surface area contributed by atoms with E-state index in [4.69, 9.17) is 4.74 Å². The zero-order chi connectivity index (χ0) is 19.4. The molecule has 2 aliphatic heterocycles. The second kappa shape index (κ2) is 8.74. The van der Waals surface area contributed by atoms with Gasteiger partial charge in [0.25, 0.3) is 0 Å². The Labute approximate surface area is 164 Å². The summed E-state index contributed by atoms with van der Waals surface area (Å²) < 4.78 is 6.20. The first kappa shape index (κ1) is 20.3. The third-order valence-electron chi connectivity index (χ3n) is 6.60. The second-order valence-electron chi connectivity index (χ2n) is 8.37. The van der Waals surface area contributed by atoms with Gasteiger partial charge >= 0.3 is 5.97 Å². The van der Waals surface area contributed by atoms with E-state index < -0.39 is 5.60 Å². The van der Waals surface area contributed by atoms with Gasteiger partial charge in [-0.25, -0.2) is 0 Å². The molecule has 4 unspecified atom stereocenters. The van der Waals surface area contributed by atoms with Crippen LogP contribution in [-0.4, -0.2) is 47.6 Å². The van der Waals surface area contributed by atoms with Gasteiger partial charge in [-0.3, -0.25) is 14.6 Å². The second-order valence-corrected chi connectivity index (χ2v) is 8.37. The molecule has 3 rings (SSSR count). The van der Waals surface area contributed by atoms with Crippen LogP contribution in [0.2, 0.25) is 0 Å². The first-order valence-electron chi connectivity index (χ1n) is 10.8. The normalized spacial score (nSPS) is 31.0. The lowest BCUT2D eigenvalue weighted by molar-refractivity contribution is -0.183. The molecule has 0 aromatic heterocycles. The van der Waals surface area contributed by atoms with Crippen LogP contribution in [0, 0.1) is 5.92 Å². The number of likely N-dealkylation sites (tertiary alicyclic amines) is 2. The van der Waals surface area contributed by atoms with Crippen molar-refractivity contribution < 1.29 is 9.53 Å². The molecule has 2 aliphatic rings. The number of nitrogens with zero attached hydrogens (tertiary/aromatic N) is 2. The summed E-state index contributed by atoms with van der Waals surface area (Å²) in [6.45, 7) is 12.1. The quantitative estimate of drug-likeness (QED) is 0.693. The maximum Gasteiger partial charge on any atom is 0.306 e. The van der Waals surface area contributed by atoms with E-state index in [0.717, 1.165) is 24.9 Å². The molecule has 2 fully saturated rings. The molecule has 27 heavy (non-hydrogen) atoms. The summed E-state index contributed by atoms with van der Waals surface area (Å²) in [5, 5.41) is 0. The van der Waals surface area contributed by atoms with Gasteiger partial charge in [0.15, 0.2) is 0 Å². The summed E-state index contributed by atoms with van der Waals surface area (Å²) in [7, 11) is 0. The molecule has 2 heterocycles. The van der Waals surface area contributed by atoms with Crippen molar-refractivity contribution in [2.75, 3.05) is 19.6 Å². The highest BCUT2D eigenvalue weighted by Crippen LogP contribution is 2.44. The van der Waals surface area contributed by atoms with Gasteiger partial charge in [0, 0.05) is 31.3 Å². The third-order valence-corrected chi connectivity index (χ3v) is 6.60. The van der Waals surface area contributed by atoms with Crippen LogP contribution < -0.4 is 0 Å². The fraction of sp³-hybridized carbons (Fsp3) is 0.696. The smallest absolute Gasteiger partial charge is 0.306 e. The SMILES string of the molecule is CCC(=O)OC1(c2ccccc2)CC(C)N(C(CC)N2CCCC2)CC1C. The fourth-order valence-corrected chi connectivity index (χ4v) is 5.16. The molecule has 2 saturated heterocycles. The lowest BCUT2D eigenvalue weighted by Crippen LogP contribution is -2.60. The van der Waals surface area contributed by atoms with Crippen LogP contribution in [0.3, 0.4) is 0 Å². The number of piperidine rings is 1. The Bertz CT molecular complexity index is 614. The summed E-state index contributed by atoms with van der Waals surface area (Å²) in [6, 6.07) is 10.8. The number of hydrogen-bond acceptors (Lipinski definition) is 4. The molecule has 0 saturated carbocycles. The van der Waals surface area contributed by atoms with E-state index in [0.29, 0.717) is 18.6 Å². The van der Waals surface area contributed by atoms with Crippen molar-refractivity contribution in [1.29, 1.82) is 0 Å². The predicted molar refractivity (Wildman–Crippen MR) is 109 cm³/mol. The van der Waals surface area contributed by atoms with Gasteiger partial charge in [-0.2, -0.15) is 0 Å². The van der Waals surface area contributed by atoms with Crippen molar-refractivity contribution >= 4 is 5.97 Å². The van der Waals surface area contributed by atoms with Crippen molar-refractivity contribution in [2.24, 2.45) is 5.92 Å². The number of benzene rings is 1. The van der Waals surface area contributed by atoms with Gasteiger partial charge in [0.05, 0.1) is 6.17 Å². The highest BCUT2D eigenvalue weighted by Gasteiger charge is 2.49. The minimum absolute atomic E-state index is 0.0991. The Morgan fingerprint density at radius 1 is 1.19 bits per heavy atom. The molecule has 0 aliphatic carbocycles. The minimum Gasteiger partial charge on any atom is -0.454 e. The Kier molecular flexibility index (Phi) is 6.59. The summed E-state index contributed by atoms with van der Waals surface area (Å²) in [5.74, 6) is 0.154. The molecule has 150 valence electrons. The van der Waals surface area contributed by atoms with Gasteiger partial charge < -0.3 is 4.74 Å². The van der Waals surface area contributed by atoms with Crippen molar-refractivity contribution in [3.63, 3.8) is 0 Å². The maximum atomic E-state index is 12.3. The topological polar surface area (TPSA) is 32.8 Å². The highest BCUT2D eigenvalue weighted by atomic mass is 16.6. The molecule has 1 aromatic carbocycles. The fourth-order valence-electron chi connectivity index (χ4n) is 5.16. The zero-order valence-electron chi connectivity index (χ0n) is 17.5. The van der Waals surface area contributed by atoms with Crippen molar-refractivity contribution in [2.45, 2.75) is 77.6 Å². The Morgan fingerprint density at radius 3 is 2.44 bits per heavy atom. The van der Waals surface area contributed by atoms with E-state index in [-0.39, 0.29) is 11.9 Å².